The zero-order chi connectivity index (χ0) is 13.8. The molecule has 0 radical (unpaired) electrons. The lowest BCUT2D eigenvalue weighted by molar-refractivity contribution is -0.147. The summed E-state index contributed by atoms with van der Waals surface area (Å²) in [5.74, 6) is -0.973. The summed E-state index contributed by atoms with van der Waals surface area (Å²) in [6.45, 7) is 1.07. The summed E-state index contributed by atoms with van der Waals surface area (Å²) in [6.07, 6.45) is -1.70. The largest absolute Gasteiger partial charge is 0.467 e. The van der Waals surface area contributed by atoms with Crippen molar-refractivity contribution in [3.05, 3.63) is 17.5 Å². The molecular formula is C12H15FN2O3S. The highest BCUT2D eigenvalue weighted by atomic mass is 32.1. The van der Waals surface area contributed by atoms with Crippen LogP contribution in [0.3, 0.4) is 0 Å². The molecule has 1 aromatic rings. The summed E-state index contributed by atoms with van der Waals surface area (Å²) in [7, 11) is 1.15. The van der Waals surface area contributed by atoms with E-state index in [9.17, 15) is 14.0 Å². The number of carbonyl (C=O) groups is 2. The number of nitrogens with zero attached hydrogens (tertiary/aromatic N) is 2. The van der Waals surface area contributed by atoms with Crippen molar-refractivity contribution in [2.75, 3.05) is 38.2 Å². The maximum atomic E-state index is 13.4. The van der Waals surface area contributed by atoms with Crippen molar-refractivity contribution in [2.45, 2.75) is 6.17 Å². The number of piperazine rings is 1. The van der Waals surface area contributed by atoms with E-state index in [4.69, 9.17) is 0 Å². The fourth-order valence-corrected chi connectivity index (χ4v) is 2.74. The number of halogens is 1. The smallest absolute Gasteiger partial charge is 0.341 e. The molecule has 1 saturated heterocycles. The number of thiophene rings is 1. The molecule has 0 aliphatic carbocycles. The fourth-order valence-electron chi connectivity index (χ4n) is 1.96. The zero-order valence-corrected chi connectivity index (χ0v) is 11.4. The number of anilines is 1. The average molecular weight is 286 g/mol. The first kappa shape index (κ1) is 14.0. The molecular weight excluding hydrogens is 271 g/mol. The molecule has 1 aromatic heterocycles. The van der Waals surface area contributed by atoms with Gasteiger partial charge in [-0.1, -0.05) is 0 Å². The lowest BCUT2D eigenvalue weighted by Gasteiger charge is -2.33. The van der Waals surface area contributed by atoms with Crippen LogP contribution in [-0.2, 0) is 14.3 Å². The van der Waals surface area contributed by atoms with Crippen molar-refractivity contribution in [3.8, 4) is 0 Å². The van der Waals surface area contributed by atoms with Crippen molar-refractivity contribution in [1.82, 2.24) is 4.90 Å². The number of alkyl halides is 1. The molecule has 7 heteroatoms. The zero-order valence-electron chi connectivity index (χ0n) is 10.5. The predicted octanol–water partition coefficient (Wildman–Crippen LogP) is 0.908. The second kappa shape index (κ2) is 6.12. The lowest BCUT2D eigenvalue weighted by atomic mass is 10.2. The highest BCUT2D eigenvalue weighted by molar-refractivity contribution is 7.14. The maximum absolute atomic E-state index is 13.4. The van der Waals surface area contributed by atoms with E-state index in [0.717, 1.165) is 12.1 Å². The van der Waals surface area contributed by atoms with Crippen LogP contribution in [0.5, 0.6) is 0 Å². The van der Waals surface area contributed by atoms with E-state index in [1.54, 1.807) is 9.80 Å². The van der Waals surface area contributed by atoms with Gasteiger partial charge >= 0.3 is 5.97 Å². The normalized spacial score (nSPS) is 18.4. The van der Waals surface area contributed by atoms with Gasteiger partial charge in [-0.3, -0.25) is 9.69 Å². The Morgan fingerprint density at radius 1 is 1.58 bits per heavy atom. The van der Waals surface area contributed by atoms with Gasteiger partial charge in [-0.25, -0.2) is 9.18 Å². The number of hydrogen-bond donors (Lipinski definition) is 0. The molecule has 1 aliphatic heterocycles. The van der Waals surface area contributed by atoms with E-state index in [-0.39, 0.29) is 19.0 Å². The van der Waals surface area contributed by atoms with Crippen molar-refractivity contribution < 1.29 is 18.7 Å². The number of amides is 1. The third kappa shape index (κ3) is 3.30. The average Bonchev–Trinajstić information content (AvgIpc) is 2.91. The van der Waals surface area contributed by atoms with Gasteiger partial charge in [0.1, 0.15) is 0 Å². The summed E-state index contributed by atoms with van der Waals surface area (Å²) < 4.78 is 17.8. The van der Waals surface area contributed by atoms with E-state index < -0.39 is 12.1 Å². The van der Waals surface area contributed by atoms with Gasteiger partial charge in [0.25, 0.3) is 0 Å². The number of carbonyl (C=O) groups excluding carboxylic acids is 2. The molecule has 2 heterocycles. The minimum Gasteiger partial charge on any atom is -0.467 e. The molecule has 0 aromatic carbocycles. The highest BCUT2D eigenvalue weighted by Gasteiger charge is 2.29. The second-order valence-electron chi connectivity index (χ2n) is 4.22. The van der Waals surface area contributed by atoms with Crippen molar-refractivity contribution >= 4 is 28.2 Å². The molecule has 1 amide bonds. The monoisotopic (exact) mass is 286 g/mol. The molecule has 2 rings (SSSR count). The van der Waals surface area contributed by atoms with E-state index in [0.29, 0.717) is 13.1 Å². The van der Waals surface area contributed by atoms with Gasteiger partial charge in [-0.05, 0) is 17.5 Å². The molecule has 0 N–H and O–H groups in total. The number of hydrogen-bond acceptors (Lipinski definition) is 5. The summed E-state index contributed by atoms with van der Waals surface area (Å²) in [6, 6.07) is 3.76. The maximum Gasteiger partial charge on any atom is 0.341 e. The molecule has 19 heavy (non-hydrogen) atoms. The van der Waals surface area contributed by atoms with Gasteiger partial charge in [0, 0.05) is 19.6 Å². The van der Waals surface area contributed by atoms with Crippen LogP contribution in [0.25, 0.3) is 0 Å². The molecule has 0 saturated carbocycles. The van der Waals surface area contributed by atoms with E-state index in [1.807, 2.05) is 17.5 Å². The molecule has 1 atom stereocenters. The topological polar surface area (TPSA) is 49.9 Å². The van der Waals surface area contributed by atoms with E-state index >= 15 is 0 Å². The van der Waals surface area contributed by atoms with E-state index in [1.165, 1.54) is 11.3 Å². The third-order valence-electron chi connectivity index (χ3n) is 2.95. The Bertz CT molecular complexity index is 452. The first-order valence-electron chi connectivity index (χ1n) is 5.90. The van der Waals surface area contributed by atoms with Gasteiger partial charge < -0.3 is 9.64 Å². The van der Waals surface area contributed by atoms with Gasteiger partial charge in [0.05, 0.1) is 18.7 Å². The van der Waals surface area contributed by atoms with Gasteiger partial charge in [0.2, 0.25) is 12.1 Å². The predicted molar refractivity (Wildman–Crippen MR) is 70.0 cm³/mol. The van der Waals surface area contributed by atoms with Crippen LogP contribution in [0, 0.1) is 0 Å². The summed E-state index contributed by atoms with van der Waals surface area (Å²) in [5.41, 5.74) is 0. The molecule has 0 spiro atoms. The minimum absolute atomic E-state index is 0.0780. The first-order valence-corrected chi connectivity index (χ1v) is 6.78. The Labute approximate surface area is 114 Å². The molecule has 1 unspecified atom stereocenters. The van der Waals surface area contributed by atoms with Crippen LogP contribution in [0.4, 0.5) is 9.39 Å². The quantitative estimate of drug-likeness (QED) is 0.772. The Balaban J connectivity index is 1.90. The Hall–Kier alpha value is -1.47. The molecule has 104 valence electrons. The van der Waals surface area contributed by atoms with Gasteiger partial charge in [-0.2, -0.15) is 0 Å². The summed E-state index contributed by atoms with van der Waals surface area (Å²) in [5, 5.41) is 2.80. The standard InChI is InChI=1S/C12H15FN2O3S/c1-18-12(17)9(13)7-14-4-5-15(10(16)8-14)11-3-2-6-19-11/h2-3,6,9H,4-5,7-8H2,1H3. The van der Waals surface area contributed by atoms with Crippen molar-refractivity contribution in [1.29, 1.82) is 0 Å². The number of rotatable bonds is 4. The summed E-state index contributed by atoms with van der Waals surface area (Å²) in [4.78, 5) is 26.3. The van der Waals surface area contributed by atoms with Crippen LogP contribution in [-0.4, -0.2) is 56.2 Å². The summed E-state index contributed by atoms with van der Waals surface area (Å²) >= 11 is 1.50. The Morgan fingerprint density at radius 3 is 2.95 bits per heavy atom. The SMILES string of the molecule is COC(=O)C(F)CN1CCN(c2cccs2)C(=O)C1. The van der Waals surface area contributed by atoms with Crippen LogP contribution >= 0.6 is 11.3 Å². The second-order valence-corrected chi connectivity index (χ2v) is 5.15. The van der Waals surface area contributed by atoms with Crippen LogP contribution in [0.15, 0.2) is 17.5 Å². The Morgan fingerprint density at radius 2 is 2.37 bits per heavy atom. The number of esters is 1. The Kier molecular flexibility index (Phi) is 4.49. The molecule has 5 nitrogen and oxygen atoms in total. The van der Waals surface area contributed by atoms with E-state index in [2.05, 4.69) is 4.74 Å². The molecule has 1 fully saturated rings. The van der Waals surface area contributed by atoms with Crippen LogP contribution in [0.1, 0.15) is 0 Å². The number of methoxy groups -OCH3 is 1. The fraction of sp³-hybridized carbons (Fsp3) is 0.500. The minimum atomic E-state index is -1.70. The van der Waals surface area contributed by atoms with Crippen LogP contribution < -0.4 is 4.90 Å². The first-order chi connectivity index (χ1) is 9.11. The van der Waals surface area contributed by atoms with Crippen molar-refractivity contribution in [3.63, 3.8) is 0 Å². The lowest BCUT2D eigenvalue weighted by Crippen LogP contribution is -2.52. The molecule has 0 bridgehead atoms. The highest BCUT2D eigenvalue weighted by Crippen LogP contribution is 2.23. The van der Waals surface area contributed by atoms with Gasteiger partial charge in [-0.15, -0.1) is 11.3 Å². The third-order valence-corrected chi connectivity index (χ3v) is 3.84. The van der Waals surface area contributed by atoms with Crippen LogP contribution in [0.2, 0.25) is 0 Å². The van der Waals surface area contributed by atoms with Crippen molar-refractivity contribution in [2.24, 2.45) is 0 Å². The van der Waals surface area contributed by atoms with Gasteiger partial charge in [0.15, 0.2) is 0 Å². The molecule has 1 aliphatic rings. The number of ether oxygens (including phenoxy) is 1.